The number of rotatable bonds is 3. The number of piperidine rings is 2. The van der Waals surface area contributed by atoms with Crippen molar-refractivity contribution in [1.29, 1.82) is 0 Å². The first-order valence-corrected chi connectivity index (χ1v) is 12.3. The van der Waals surface area contributed by atoms with Gasteiger partial charge in [0.15, 0.2) is 0 Å². The Morgan fingerprint density at radius 1 is 1.03 bits per heavy atom. The highest BCUT2D eigenvalue weighted by molar-refractivity contribution is 5.07. The SMILES string of the molecule is CN1CCCCC1C1OC1NC1CCC2C(C1)NC1CCC(C)(C)CN1C1OC21. The largest absolute Gasteiger partial charge is 0.353 e. The Morgan fingerprint density at radius 2 is 1.93 bits per heavy atom. The summed E-state index contributed by atoms with van der Waals surface area (Å²) in [5.74, 6) is 0.687. The predicted octanol–water partition coefficient (Wildman–Crippen LogP) is 2.10. The van der Waals surface area contributed by atoms with Crippen molar-refractivity contribution in [2.75, 3.05) is 20.1 Å². The molecule has 9 atom stereocenters. The van der Waals surface area contributed by atoms with Crippen molar-refractivity contribution in [1.82, 2.24) is 20.4 Å². The van der Waals surface area contributed by atoms with E-state index in [9.17, 15) is 0 Å². The van der Waals surface area contributed by atoms with E-state index in [2.05, 4.69) is 41.3 Å². The molecule has 6 fully saturated rings. The van der Waals surface area contributed by atoms with Gasteiger partial charge in [-0.3, -0.25) is 15.5 Å². The molecule has 0 bridgehead atoms. The maximum Gasteiger partial charge on any atom is 0.139 e. The third-order valence-corrected chi connectivity index (χ3v) is 8.80. The molecule has 1 saturated carbocycles. The van der Waals surface area contributed by atoms with E-state index in [-0.39, 0.29) is 6.23 Å². The molecule has 6 heteroatoms. The van der Waals surface area contributed by atoms with Gasteiger partial charge in [0.1, 0.15) is 24.7 Å². The van der Waals surface area contributed by atoms with Gasteiger partial charge >= 0.3 is 0 Å². The molecule has 6 rings (SSSR count). The van der Waals surface area contributed by atoms with Crippen LogP contribution >= 0.6 is 0 Å². The first-order valence-electron chi connectivity index (χ1n) is 12.3. The molecule has 0 radical (unpaired) electrons. The van der Waals surface area contributed by atoms with Crippen LogP contribution in [0.1, 0.15) is 65.2 Å². The number of likely N-dealkylation sites (tertiary alicyclic amines) is 1. The van der Waals surface area contributed by atoms with Gasteiger partial charge in [-0.15, -0.1) is 0 Å². The van der Waals surface area contributed by atoms with Gasteiger partial charge < -0.3 is 14.4 Å². The Kier molecular flexibility index (Phi) is 4.79. The number of ether oxygens (including phenoxy) is 2. The maximum atomic E-state index is 6.26. The van der Waals surface area contributed by atoms with Crippen molar-refractivity contribution in [3.05, 3.63) is 0 Å². The minimum absolute atomic E-state index is 0.282. The molecular formula is C23H40N4O2. The highest BCUT2D eigenvalue weighted by Gasteiger charge is 2.58. The third-order valence-electron chi connectivity index (χ3n) is 8.80. The second-order valence-electron chi connectivity index (χ2n) is 11.6. The van der Waals surface area contributed by atoms with E-state index >= 15 is 0 Å². The van der Waals surface area contributed by atoms with Crippen LogP contribution in [0.2, 0.25) is 0 Å². The minimum atomic E-state index is 0.282. The summed E-state index contributed by atoms with van der Waals surface area (Å²) in [6.45, 7) is 7.22. The standard InChI is InChI=1S/C23H40N4O2/c1-23(2)10-9-18-25-16-12-14(7-8-15(16)19-22(29-19)27(18)13-23)24-21-20(28-21)17-6-4-5-11-26(17)3/h14-22,24-25H,4-13H2,1-3H3. The molecule has 6 aliphatic rings. The predicted molar refractivity (Wildman–Crippen MR) is 112 cm³/mol. The first-order chi connectivity index (χ1) is 14.0. The van der Waals surface area contributed by atoms with Gasteiger partial charge in [-0.1, -0.05) is 20.3 Å². The summed E-state index contributed by atoms with van der Waals surface area (Å²) in [6, 6.07) is 1.78. The Bertz CT molecular complexity index is 630. The lowest BCUT2D eigenvalue weighted by Crippen LogP contribution is -2.57. The van der Waals surface area contributed by atoms with Crippen molar-refractivity contribution in [2.45, 2.75) is 114 Å². The van der Waals surface area contributed by atoms with Gasteiger partial charge in [-0.25, -0.2) is 0 Å². The van der Waals surface area contributed by atoms with Crippen molar-refractivity contribution in [3.63, 3.8) is 0 Å². The minimum Gasteiger partial charge on any atom is -0.353 e. The molecular weight excluding hydrogens is 364 g/mol. The van der Waals surface area contributed by atoms with Crippen LogP contribution in [-0.4, -0.2) is 78.9 Å². The van der Waals surface area contributed by atoms with Crippen LogP contribution in [0, 0.1) is 11.3 Å². The lowest BCUT2D eigenvalue weighted by atomic mass is 9.79. The fourth-order valence-electron chi connectivity index (χ4n) is 6.99. The third kappa shape index (κ3) is 3.68. The lowest BCUT2D eigenvalue weighted by molar-refractivity contribution is -0.000816. The van der Waals surface area contributed by atoms with E-state index < -0.39 is 0 Å². The van der Waals surface area contributed by atoms with Crippen LogP contribution in [0.15, 0.2) is 0 Å². The highest BCUT2D eigenvalue weighted by Crippen LogP contribution is 2.47. The zero-order chi connectivity index (χ0) is 19.8. The summed E-state index contributed by atoms with van der Waals surface area (Å²) < 4.78 is 12.4. The van der Waals surface area contributed by atoms with Gasteiger partial charge in [0.05, 0.1) is 6.17 Å². The van der Waals surface area contributed by atoms with Gasteiger partial charge in [0.2, 0.25) is 0 Å². The zero-order valence-corrected chi connectivity index (χ0v) is 18.5. The molecule has 0 spiro atoms. The molecule has 5 heterocycles. The molecule has 164 valence electrons. The van der Waals surface area contributed by atoms with E-state index in [0.717, 1.165) is 0 Å². The summed E-state index contributed by atoms with van der Waals surface area (Å²) in [5, 5.41) is 7.97. The van der Waals surface area contributed by atoms with Crippen LogP contribution in [-0.2, 0) is 9.47 Å². The van der Waals surface area contributed by atoms with Gasteiger partial charge in [0.25, 0.3) is 0 Å². The smallest absolute Gasteiger partial charge is 0.139 e. The topological polar surface area (TPSA) is 55.6 Å². The van der Waals surface area contributed by atoms with Crippen molar-refractivity contribution in [2.24, 2.45) is 11.3 Å². The average molecular weight is 405 g/mol. The lowest BCUT2D eigenvalue weighted by Gasteiger charge is -2.45. The number of hydrogen-bond acceptors (Lipinski definition) is 6. The van der Waals surface area contributed by atoms with Crippen molar-refractivity contribution in [3.8, 4) is 0 Å². The number of likely N-dealkylation sites (N-methyl/N-ethyl adjacent to an activating group) is 1. The molecule has 6 nitrogen and oxygen atoms in total. The van der Waals surface area contributed by atoms with E-state index in [1.54, 1.807) is 0 Å². The van der Waals surface area contributed by atoms with E-state index in [0.29, 0.717) is 54.1 Å². The second-order valence-corrected chi connectivity index (χ2v) is 11.6. The Morgan fingerprint density at radius 3 is 2.79 bits per heavy atom. The molecule has 29 heavy (non-hydrogen) atoms. The monoisotopic (exact) mass is 404 g/mol. The summed E-state index contributed by atoms with van der Waals surface area (Å²) in [7, 11) is 2.27. The normalized spacial score (nSPS) is 52.0. The summed E-state index contributed by atoms with van der Waals surface area (Å²) in [4.78, 5) is 5.16. The second kappa shape index (κ2) is 7.14. The summed E-state index contributed by atoms with van der Waals surface area (Å²) in [5.41, 5.74) is 0.416. The number of fused-ring (bicyclic) bond motifs is 5. The van der Waals surface area contributed by atoms with Crippen LogP contribution in [0.5, 0.6) is 0 Å². The maximum absolute atomic E-state index is 6.26. The highest BCUT2D eigenvalue weighted by atomic mass is 16.6. The number of nitrogens with one attached hydrogen (secondary N) is 2. The molecule has 0 aromatic heterocycles. The molecule has 1 aliphatic carbocycles. The van der Waals surface area contributed by atoms with E-state index in [1.807, 2.05) is 0 Å². The molecule has 2 N–H and O–H groups in total. The molecule has 0 aromatic carbocycles. The number of hydrogen-bond donors (Lipinski definition) is 2. The van der Waals surface area contributed by atoms with Gasteiger partial charge in [-0.05, 0) is 64.0 Å². The molecule has 9 unspecified atom stereocenters. The van der Waals surface area contributed by atoms with E-state index in [4.69, 9.17) is 9.47 Å². The summed E-state index contributed by atoms with van der Waals surface area (Å²) in [6.07, 6.45) is 12.4. The molecule has 5 saturated heterocycles. The molecule has 0 aromatic rings. The fraction of sp³-hybridized carbons (Fsp3) is 1.00. The zero-order valence-electron chi connectivity index (χ0n) is 18.5. The summed E-state index contributed by atoms with van der Waals surface area (Å²) >= 11 is 0. The number of nitrogens with zero attached hydrogens (tertiary/aromatic N) is 2. The fourth-order valence-corrected chi connectivity index (χ4v) is 6.99. The van der Waals surface area contributed by atoms with Crippen LogP contribution in [0.25, 0.3) is 0 Å². The van der Waals surface area contributed by atoms with Crippen LogP contribution < -0.4 is 10.6 Å². The van der Waals surface area contributed by atoms with Gasteiger partial charge in [0, 0.05) is 30.6 Å². The number of epoxide rings is 2. The molecule has 5 aliphatic heterocycles. The van der Waals surface area contributed by atoms with Crippen LogP contribution in [0.4, 0.5) is 0 Å². The van der Waals surface area contributed by atoms with Crippen molar-refractivity contribution >= 4 is 0 Å². The molecule has 0 amide bonds. The first kappa shape index (κ1) is 19.4. The van der Waals surface area contributed by atoms with E-state index in [1.165, 1.54) is 64.5 Å². The Balaban J connectivity index is 1.07. The van der Waals surface area contributed by atoms with Gasteiger partial charge in [-0.2, -0.15) is 0 Å². The Labute approximate surface area is 176 Å². The average Bonchev–Trinajstić information content (AvgIpc) is 3.58. The van der Waals surface area contributed by atoms with Crippen molar-refractivity contribution < 1.29 is 9.47 Å². The van der Waals surface area contributed by atoms with Crippen LogP contribution in [0.3, 0.4) is 0 Å². The quantitative estimate of drug-likeness (QED) is 0.703. The Hall–Kier alpha value is -0.240.